The van der Waals surface area contributed by atoms with Crippen LogP contribution < -0.4 is 0 Å². The molecule has 1 N–H and O–H groups in total. The van der Waals surface area contributed by atoms with Gasteiger partial charge in [0.15, 0.2) is 0 Å². The maximum absolute atomic E-state index is 8.54. The summed E-state index contributed by atoms with van der Waals surface area (Å²) in [5.41, 5.74) is 2.19. The van der Waals surface area contributed by atoms with Crippen molar-refractivity contribution < 1.29 is 5.11 Å². The molecule has 0 heterocycles. The molecule has 1 aliphatic carbocycles. The van der Waals surface area contributed by atoms with Gasteiger partial charge in [0.2, 0.25) is 0 Å². The van der Waals surface area contributed by atoms with Gasteiger partial charge in [-0.2, -0.15) is 0 Å². The first kappa shape index (κ1) is 15.2. The van der Waals surface area contributed by atoms with Crippen LogP contribution in [-0.2, 0) is 6.61 Å². The Kier molecular flexibility index (Phi) is 5.40. The van der Waals surface area contributed by atoms with Crippen molar-refractivity contribution in [1.82, 2.24) is 0 Å². The highest BCUT2D eigenvalue weighted by atomic mass is 16.3. The fourth-order valence-electron chi connectivity index (χ4n) is 3.10. The van der Waals surface area contributed by atoms with Gasteiger partial charge in [0, 0.05) is 0 Å². The molecule has 102 valence electrons. The smallest absolute Gasteiger partial charge is 0.0681 e. The van der Waals surface area contributed by atoms with E-state index in [1.807, 2.05) is 30.3 Å². The first-order valence-electron chi connectivity index (χ1n) is 6.99. The molecule has 0 bridgehead atoms. The van der Waals surface area contributed by atoms with Crippen LogP contribution in [0, 0.1) is 10.8 Å². The van der Waals surface area contributed by atoms with Gasteiger partial charge in [0.1, 0.15) is 0 Å². The zero-order valence-electron chi connectivity index (χ0n) is 12.4. The Balaban J connectivity index is 0.000000184. The Labute approximate surface area is 112 Å². The molecule has 1 aromatic carbocycles. The second-order valence-corrected chi connectivity index (χ2v) is 7.00. The molecule has 1 fully saturated rings. The summed E-state index contributed by atoms with van der Waals surface area (Å²) in [7, 11) is 0. The van der Waals surface area contributed by atoms with E-state index in [-0.39, 0.29) is 6.61 Å². The van der Waals surface area contributed by atoms with E-state index < -0.39 is 0 Å². The first-order valence-corrected chi connectivity index (χ1v) is 6.99. The molecule has 1 heteroatoms. The van der Waals surface area contributed by atoms with Gasteiger partial charge in [-0.05, 0) is 35.7 Å². The Bertz CT molecular complexity index is 324. The standard InChI is InChI=1S/C10H20.C7H8O/c1-9(2)6-5-7-10(3,4)8-9;8-6-7-4-2-1-3-5-7/h5-8H2,1-4H3;1-5,8H,6H2. The van der Waals surface area contributed by atoms with Gasteiger partial charge in [0.25, 0.3) is 0 Å². The van der Waals surface area contributed by atoms with Crippen molar-refractivity contribution in [2.24, 2.45) is 10.8 Å². The Hall–Kier alpha value is -0.820. The van der Waals surface area contributed by atoms with Crippen LogP contribution >= 0.6 is 0 Å². The van der Waals surface area contributed by atoms with Crippen molar-refractivity contribution in [2.45, 2.75) is 60.0 Å². The van der Waals surface area contributed by atoms with Gasteiger partial charge in [-0.25, -0.2) is 0 Å². The third-order valence-electron chi connectivity index (χ3n) is 3.69. The number of rotatable bonds is 1. The monoisotopic (exact) mass is 248 g/mol. The molecule has 0 atom stereocenters. The Morgan fingerprint density at radius 1 is 0.944 bits per heavy atom. The summed E-state index contributed by atoms with van der Waals surface area (Å²) < 4.78 is 0. The van der Waals surface area contributed by atoms with Crippen molar-refractivity contribution in [3.63, 3.8) is 0 Å². The lowest BCUT2D eigenvalue weighted by atomic mass is 9.65. The third-order valence-corrected chi connectivity index (χ3v) is 3.69. The van der Waals surface area contributed by atoms with Crippen LogP contribution in [0.3, 0.4) is 0 Å². The summed E-state index contributed by atoms with van der Waals surface area (Å²) in [6.07, 6.45) is 5.69. The van der Waals surface area contributed by atoms with Crippen molar-refractivity contribution >= 4 is 0 Å². The van der Waals surface area contributed by atoms with Gasteiger partial charge < -0.3 is 5.11 Å². The van der Waals surface area contributed by atoms with E-state index in [2.05, 4.69) is 27.7 Å². The van der Waals surface area contributed by atoms with Crippen molar-refractivity contribution in [1.29, 1.82) is 0 Å². The maximum Gasteiger partial charge on any atom is 0.0681 e. The van der Waals surface area contributed by atoms with Gasteiger partial charge in [-0.15, -0.1) is 0 Å². The van der Waals surface area contributed by atoms with Crippen molar-refractivity contribution in [2.75, 3.05) is 0 Å². The molecule has 0 spiro atoms. The zero-order valence-corrected chi connectivity index (χ0v) is 12.4. The number of aliphatic hydroxyl groups is 1. The molecule has 1 nitrogen and oxygen atoms in total. The number of hydrogen-bond acceptors (Lipinski definition) is 1. The summed E-state index contributed by atoms with van der Waals surface area (Å²) >= 11 is 0. The molecule has 0 amide bonds. The summed E-state index contributed by atoms with van der Waals surface area (Å²) in [4.78, 5) is 0. The molecule has 1 saturated carbocycles. The predicted molar refractivity (Wildman–Crippen MR) is 78.4 cm³/mol. The summed E-state index contributed by atoms with van der Waals surface area (Å²) in [6, 6.07) is 9.52. The average Bonchev–Trinajstić information content (AvgIpc) is 2.28. The Morgan fingerprint density at radius 3 is 1.72 bits per heavy atom. The van der Waals surface area contributed by atoms with Crippen LogP contribution in [0.2, 0.25) is 0 Å². The van der Waals surface area contributed by atoms with Gasteiger partial charge in [-0.1, -0.05) is 64.4 Å². The zero-order chi connectivity index (χ0) is 13.6. The highest BCUT2D eigenvalue weighted by molar-refractivity contribution is 5.12. The molecule has 0 aromatic heterocycles. The van der Waals surface area contributed by atoms with Crippen LogP contribution in [0.5, 0.6) is 0 Å². The van der Waals surface area contributed by atoms with Crippen LogP contribution in [0.25, 0.3) is 0 Å². The molecule has 0 saturated heterocycles. The Morgan fingerprint density at radius 2 is 1.44 bits per heavy atom. The van der Waals surface area contributed by atoms with Crippen molar-refractivity contribution in [3.8, 4) is 0 Å². The molecule has 1 aliphatic rings. The predicted octanol–water partition coefficient (Wildman–Crippen LogP) is 4.79. The second kappa shape index (κ2) is 6.38. The maximum atomic E-state index is 8.54. The number of aliphatic hydroxyl groups excluding tert-OH is 1. The highest BCUT2D eigenvalue weighted by Gasteiger charge is 2.32. The molecular weight excluding hydrogens is 220 g/mol. The summed E-state index contributed by atoms with van der Waals surface area (Å²) in [5, 5.41) is 8.54. The van der Waals surface area contributed by atoms with Crippen LogP contribution in [-0.4, -0.2) is 5.11 Å². The minimum Gasteiger partial charge on any atom is -0.392 e. The van der Waals surface area contributed by atoms with E-state index >= 15 is 0 Å². The van der Waals surface area contributed by atoms with Gasteiger partial charge in [0.05, 0.1) is 6.61 Å². The van der Waals surface area contributed by atoms with E-state index in [9.17, 15) is 0 Å². The number of benzene rings is 1. The minimum atomic E-state index is 0.140. The second-order valence-electron chi connectivity index (χ2n) is 7.00. The molecule has 2 rings (SSSR count). The van der Waals surface area contributed by atoms with Crippen LogP contribution in [0.15, 0.2) is 30.3 Å². The third kappa shape index (κ3) is 5.68. The normalized spacial score (nSPS) is 20.7. The van der Waals surface area contributed by atoms with E-state index in [0.29, 0.717) is 10.8 Å². The lowest BCUT2D eigenvalue weighted by Crippen LogP contribution is -2.28. The summed E-state index contributed by atoms with van der Waals surface area (Å²) in [6.45, 7) is 9.73. The SMILES string of the molecule is CC1(C)CCCC(C)(C)C1.OCc1ccccc1. The topological polar surface area (TPSA) is 20.2 Å². The fourth-order valence-corrected chi connectivity index (χ4v) is 3.10. The van der Waals surface area contributed by atoms with E-state index in [1.165, 1.54) is 25.7 Å². The molecular formula is C17H28O. The molecule has 18 heavy (non-hydrogen) atoms. The highest BCUT2D eigenvalue weighted by Crippen LogP contribution is 2.45. The fraction of sp³-hybridized carbons (Fsp3) is 0.647. The molecule has 0 unspecified atom stereocenters. The largest absolute Gasteiger partial charge is 0.392 e. The first-order chi connectivity index (χ1) is 8.35. The lowest BCUT2D eigenvalue weighted by Gasteiger charge is -2.40. The van der Waals surface area contributed by atoms with E-state index in [0.717, 1.165) is 5.56 Å². The van der Waals surface area contributed by atoms with Crippen molar-refractivity contribution in [3.05, 3.63) is 35.9 Å². The van der Waals surface area contributed by atoms with Gasteiger partial charge in [-0.3, -0.25) is 0 Å². The quantitative estimate of drug-likeness (QED) is 0.757. The minimum absolute atomic E-state index is 0.140. The van der Waals surface area contributed by atoms with E-state index in [4.69, 9.17) is 5.11 Å². The lowest BCUT2D eigenvalue weighted by molar-refractivity contribution is 0.116. The molecule has 1 aromatic rings. The number of hydrogen-bond donors (Lipinski definition) is 1. The van der Waals surface area contributed by atoms with Gasteiger partial charge >= 0.3 is 0 Å². The molecule has 0 aliphatic heterocycles. The van der Waals surface area contributed by atoms with Crippen LogP contribution in [0.1, 0.15) is 58.9 Å². The average molecular weight is 248 g/mol. The van der Waals surface area contributed by atoms with Crippen LogP contribution in [0.4, 0.5) is 0 Å². The van der Waals surface area contributed by atoms with E-state index in [1.54, 1.807) is 0 Å². The molecule has 0 radical (unpaired) electrons. The summed E-state index contributed by atoms with van der Waals surface area (Å²) in [5.74, 6) is 0.